The molecule has 0 aliphatic heterocycles. The highest BCUT2D eigenvalue weighted by Gasteiger charge is 2.07. The zero-order valence-electron chi connectivity index (χ0n) is 18.0. The van der Waals surface area contributed by atoms with Crippen LogP contribution in [0.2, 0.25) is 0 Å². The van der Waals surface area contributed by atoms with Crippen LogP contribution in [-0.4, -0.2) is 31.1 Å². The molecule has 0 heterocycles. The lowest BCUT2D eigenvalue weighted by Gasteiger charge is -2.13. The Morgan fingerprint density at radius 3 is 1.79 bits per heavy atom. The van der Waals surface area contributed by atoms with E-state index in [1.165, 1.54) is 31.9 Å². The molecular weight excluding hydrogens is 360 g/mol. The SMILES string of the molecule is C=CC(=O)OCC(CC)CCCC.C=CC(=O)OCCCC.C=COC(C)=O. The summed E-state index contributed by atoms with van der Waals surface area (Å²) in [5.41, 5.74) is 0. The number of carbonyl (C=O) groups excluding carboxylic acids is 3. The van der Waals surface area contributed by atoms with Crippen molar-refractivity contribution in [1.29, 1.82) is 0 Å². The molecule has 6 heteroatoms. The lowest BCUT2D eigenvalue weighted by Crippen LogP contribution is -2.12. The summed E-state index contributed by atoms with van der Waals surface area (Å²) in [7, 11) is 0. The van der Waals surface area contributed by atoms with E-state index in [1.54, 1.807) is 0 Å². The fraction of sp³-hybridized carbons (Fsp3) is 0.591. The number of esters is 3. The molecule has 6 nitrogen and oxygen atoms in total. The van der Waals surface area contributed by atoms with Gasteiger partial charge < -0.3 is 14.2 Å². The van der Waals surface area contributed by atoms with Gasteiger partial charge in [0.15, 0.2) is 0 Å². The monoisotopic (exact) mass is 398 g/mol. The van der Waals surface area contributed by atoms with Crippen LogP contribution in [0.25, 0.3) is 0 Å². The van der Waals surface area contributed by atoms with Crippen LogP contribution in [0, 0.1) is 5.92 Å². The molecule has 0 aromatic heterocycles. The summed E-state index contributed by atoms with van der Waals surface area (Å²) >= 11 is 0. The van der Waals surface area contributed by atoms with Crippen LogP contribution in [0.15, 0.2) is 38.2 Å². The third kappa shape index (κ3) is 28.4. The predicted octanol–water partition coefficient (Wildman–Crippen LogP) is 5.14. The number of ether oxygens (including phenoxy) is 3. The van der Waals surface area contributed by atoms with Gasteiger partial charge in [-0.05, 0) is 18.8 Å². The predicted molar refractivity (Wildman–Crippen MR) is 112 cm³/mol. The second-order valence-electron chi connectivity index (χ2n) is 5.75. The molecule has 162 valence electrons. The van der Waals surface area contributed by atoms with Crippen LogP contribution >= 0.6 is 0 Å². The highest BCUT2D eigenvalue weighted by atomic mass is 16.5. The van der Waals surface area contributed by atoms with Crippen molar-refractivity contribution in [3.8, 4) is 0 Å². The summed E-state index contributed by atoms with van der Waals surface area (Å²) < 4.78 is 13.8. The second kappa shape index (κ2) is 24.6. The van der Waals surface area contributed by atoms with Crippen molar-refractivity contribution in [1.82, 2.24) is 0 Å². The average molecular weight is 399 g/mol. The van der Waals surface area contributed by atoms with Gasteiger partial charge in [-0.25, -0.2) is 9.59 Å². The van der Waals surface area contributed by atoms with E-state index < -0.39 is 0 Å². The molecule has 28 heavy (non-hydrogen) atoms. The average Bonchev–Trinajstić information content (AvgIpc) is 2.68. The van der Waals surface area contributed by atoms with Crippen molar-refractivity contribution >= 4 is 17.9 Å². The van der Waals surface area contributed by atoms with Gasteiger partial charge in [-0.15, -0.1) is 0 Å². The van der Waals surface area contributed by atoms with E-state index in [9.17, 15) is 14.4 Å². The zero-order chi connectivity index (χ0) is 22.2. The lowest BCUT2D eigenvalue weighted by atomic mass is 10.0. The van der Waals surface area contributed by atoms with Gasteiger partial charge in [0.2, 0.25) is 0 Å². The zero-order valence-corrected chi connectivity index (χ0v) is 18.0. The minimum Gasteiger partial charge on any atom is -0.463 e. The molecule has 0 radical (unpaired) electrons. The van der Waals surface area contributed by atoms with Crippen molar-refractivity contribution in [3.05, 3.63) is 38.2 Å². The van der Waals surface area contributed by atoms with Gasteiger partial charge in [0.05, 0.1) is 19.5 Å². The topological polar surface area (TPSA) is 78.9 Å². The van der Waals surface area contributed by atoms with Crippen molar-refractivity contribution in [2.45, 2.75) is 66.2 Å². The van der Waals surface area contributed by atoms with Gasteiger partial charge in [-0.2, -0.15) is 0 Å². The van der Waals surface area contributed by atoms with Gasteiger partial charge >= 0.3 is 17.9 Å². The highest BCUT2D eigenvalue weighted by molar-refractivity contribution is 5.81. The second-order valence-corrected chi connectivity index (χ2v) is 5.75. The normalized spacial score (nSPS) is 9.86. The van der Waals surface area contributed by atoms with Crippen molar-refractivity contribution < 1.29 is 28.6 Å². The largest absolute Gasteiger partial charge is 0.463 e. The highest BCUT2D eigenvalue weighted by Crippen LogP contribution is 2.12. The molecule has 0 saturated carbocycles. The fourth-order valence-electron chi connectivity index (χ4n) is 1.65. The van der Waals surface area contributed by atoms with Gasteiger partial charge in [-0.1, -0.05) is 66.2 Å². The Labute approximate surface area is 170 Å². The molecule has 1 atom stereocenters. The molecule has 0 aromatic carbocycles. The molecule has 0 N–H and O–H groups in total. The maximum Gasteiger partial charge on any atom is 0.330 e. The van der Waals surface area contributed by atoms with Crippen LogP contribution in [0.5, 0.6) is 0 Å². The number of hydrogen-bond acceptors (Lipinski definition) is 6. The van der Waals surface area contributed by atoms with E-state index in [-0.39, 0.29) is 17.9 Å². The number of unbranched alkanes of at least 4 members (excludes halogenated alkanes) is 2. The Bertz CT molecular complexity index is 442. The van der Waals surface area contributed by atoms with Gasteiger partial charge in [0.1, 0.15) is 0 Å². The molecule has 1 unspecified atom stereocenters. The molecule has 0 spiro atoms. The molecule has 0 fully saturated rings. The van der Waals surface area contributed by atoms with Crippen LogP contribution in [0.1, 0.15) is 66.2 Å². The molecule has 0 rings (SSSR count). The Balaban J connectivity index is -0.000000362. The lowest BCUT2D eigenvalue weighted by molar-refractivity contribution is -0.139. The summed E-state index contributed by atoms with van der Waals surface area (Å²) in [6.45, 7) is 18.5. The molecular formula is C22H38O6. The van der Waals surface area contributed by atoms with Crippen LogP contribution in [0.3, 0.4) is 0 Å². The number of hydrogen-bond donors (Lipinski definition) is 0. The van der Waals surface area contributed by atoms with Gasteiger partial charge in [0, 0.05) is 19.1 Å². The molecule has 0 aliphatic rings. The van der Waals surface area contributed by atoms with Gasteiger partial charge in [0.25, 0.3) is 0 Å². The minimum atomic E-state index is -0.330. The van der Waals surface area contributed by atoms with Crippen molar-refractivity contribution in [3.63, 3.8) is 0 Å². The van der Waals surface area contributed by atoms with Crippen LogP contribution < -0.4 is 0 Å². The third-order valence-corrected chi connectivity index (χ3v) is 3.33. The maximum atomic E-state index is 10.8. The molecule has 0 amide bonds. The van der Waals surface area contributed by atoms with E-state index in [0.717, 1.165) is 31.9 Å². The molecule has 0 aliphatic carbocycles. The first-order valence-corrected chi connectivity index (χ1v) is 9.69. The third-order valence-electron chi connectivity index (χ3n) is 3.33. The summed E-state index contributed by atoms with van der Waals surface area (Å²) in [5.74, 6) is -0.452. The smallest absolute Gasteiger partial charge is 0.330 e. The van der Waals surface area contributed by atoms with Crippen LogP contribution in [0.4, 0.5) is 0 Å². The quantitative estimate of drug-likeness (QED) is 0.149. The Morgan fingerprint density at radius 1 is 0.893 bits per heavy atom. The first-order valence-electron chi connectivity index (χ1n) is 9.69. The summed E-state index contributed by atoms with van der Waals surface area (Å²) in [6, 6.07) is 0. The Hall–Kier alpha value is -2.37. The standard InChI is InChI=1S/C11H20O2.C7H12O2.C4H6O2/c1-4-7-8-10(5-2)9-13-11(12)6-3;1-3-5-6-9-7(8)4-2;1-3-6-4(2)5/h6,10H,3-5,7-9H2,1-2H3;4H,2-3,5-6H2,1H3;3H,1H2,2H3. The molecule has 0 bridgehead atoms. The van der Waals surface area contributed by atoms with E-state index in [1.807, 2.05) is 6.92 Å². The van der Waals surface area contributed by atoms with E-state index >= 15 is 0 Å². The fourth-order valence-corrected chi connectivity index (χ4v) is 1.65. The number of carbonyl (C=O) groups is 3. The summed E-state index contributed by atoms with van der Waals surface area (Å²) in [6.07, 6.45) is 10.1. The van der Waals surface area contributed by atoms with Crippen LogP contribution in [-0.2, 0) is 28.6 Å². The van der Waals surface area contributed by atoms with Crippen molar-refractivity contribution in [2.24, 2.45) is 5.92 Å². The van der Waals surface area contributed by atoms with E-state index in [0.29, 0.717) is 19.1 Å². The van der Waals surface area contributed by atoms with E-state index in [4.69, 9.17) is 4.74 Å². The minimum absolute atomic E-state index is 0.310. The summed E-state index contributed by atoms with van der Waals surface area (Å²) in [4.78, 5) is 30.9. The van der Waals surface area contributed by atoms with Crippen molar-refractivity contribution in [2.75, 3.05) is 13.2 Å². The first-order chi connectivity index (χ1) is 13.3. The first kappa shape index (κ1) is 30.4. The summed E-state index contributed by atoms with van der Waals surface area (Å²) in [5, 5.41) is 0. The molecule has 0 aromatic rings. The van der Waals surface area contributed by atoms with E-state index in [2.05, 4.69) is 43.1 Å². The number of rotatable bonds is 12. The Kier molecular flexibility index (Phi) is 26.7. The molecule has 0 saturated heterocycles. The van der Waals surface area contributed by atoms with Gasteiger partial charge in [-0.3, -0.25) is 4.79 Å². The maximum absolute atomic E-state index is 10.8. The Morgan fingerprint density at radius 2 is 1.43 bits per heavy atom.